The van der Waals surface area contributed by atoms with Gasteiger partial charge in [-0.25, -0.2) is 0 Å². The summed E-state index contributed by atoms with van der Waals surface area (Å²) in [5.41, 5.74) is 12.9. The summed E-state index contributed by atoms with van der Waals surface area (Å²) in [6.45, 7) is 10.3. The van der Waals surface area contributed by atoms with Crippen LogP contribution >= 0.6 is 0 Å². The van der Waals surface area contributed by atoms with Crippen LogP contribution in [-0.4, -0.2) is 20.3 Å². The number of hydrogen-bond donors (Lipinski definition) is 4. The normalized spacial score (nSPS) is 11.2. The summed E-state index contributed by atoms with van der Waals surface area (Å²) in [4.78, 5) is 3.43. The summed E-state index contributed by atoms with van der Waals surface area (Å²) in [6.07, 6.45) is -2.03. The number of nitrogens with zero attached hydrogens (tertiary/aromatic N) is 1. The molecule has 2 aromatic carbocycles. The highest BCUT2D eigenvalue weighted by atomic mass is 19.4. The van der Waals surface area contributed by atoms with Gasteiger partial charge < -0.3 is 26.5 Å². The Kier molecular flexibility index (Phi) is 12.9. The van der Waals surface area contributed by atoms with Crippen molar-refractivity contribution in [3.63, 3.8) is 0 Å². The smallest absolute Gasteiger partial charge is 0.416 e. The Morgan fingerprint density at radius 2 is 1.71 bits per heavy atom. The first-order valence-electron chi connectivity index (χ1n) is 11.0. The summed E-state index contributed by atoms with van der Waals surface area (Å²) in [5, 5.41) is 6.55. The first-order chi connectivity index (χ1) is 16.8. The number of hydrogen-bond acceptors (Lipinski definition) is 6. The molecule has 1 unspecified atom stereocenters. The van der Waals surface area contributed by atoms with Gasteiger partial charge in [0.25, 0.3) is 0 Å². The number of benzene rings is 2. The van der Waals surface area contributed by atoms with Crippen molar-refractivity contribution < 1.29 is 17.6 Å². The zero-order chi connectivity index (χ0) is 26.3. The quantitative estimate of drug-likeness (QED) is 0.225. The number of rotatable bonds is 9. The Morgan fingerprint density at radius 1 is 1.06 bits per heavy atom. The summed E-state index contributed by atoms with van der Waals surface area (Å²) in [5.74, 6) is 0.685. The van der Waals surface area contributed by atoms with Gasteiger partial charge in [-0.05, 0) is 50.0 Å². The summed E-state index contributed by atoms with van der Waals surface area (Å²) >= 11 is 0. The molecular weight excluding hydrogens is 455 g/mol. The SMILES string of the molecule is C=C(NC(N)c1ccco1)c1ccccc1NCCC.C=NCc1ccccc1C(F)(F)F.CN. The molecule has 3 rings (SSSR count). The van der Waals surface area contributed by atoms with Crippen molar-refractivity contribution in [1.82, 2.24) is 5.32 Å². The summed E-state index contributed by atoms with van der Waals surface area (Å²) in [6, 6.07) is 17.0. The zero-order valence-electron chi connectivity index (χ0n) is 20.1. The maximum atomic E-state index is 12.3. The molecule has 1 heterocycles. The molecule has 0 fully saturated rings. The van der Waals surface area contributed by atoms with Gasteiger partial charge in [0.2, 0.25) is 0 Å². The molecule has 0 saturated heterocycles. The molecule has 6 nitrogen and oxygen atoms in total. The van der Waals surface area contributed by atoms with Crippen molar-refractivity contribution in [3.8, 4) is 0 Å². The van der Waals surface area contributed by atoms with E-state index in [2.05, 4.69) is 41.6 Å². The molecule has 1 aromatic heterocycles. The van der Waals surface area contributed by atoms with Crippen LogP contribution in [0.25, 0.3) is 5.70 Å². The first-order valence-corrected chi connectivity index (χ1v) is 11.0. The molecule has 0 aliphatic carbocycles. The molecule has 0 aliphatic heterocycles. The van der Waals surface area contributed by atoms with Crippen LogP contribution in [0.1, 0.15) is 42.0 Å². The molecule has 0 spiro atoms. The second-order valence-electron chi connectivity index (χ2n) is 7.12. The second kappa shape index (κ2) is 15.4. The van der Waals surface area contributed by atoms with E-state index < -0.39 is 17.9 Å². The van der Waals surface area contributed by atoms with Crippen LogP contribution < -0.4 is 22.1 Å². The number of anilines is 1. The van der Waals surface area contributed by atoms with Gasteiger partial charge in [-0.15, -0.1) is 0 Å². The molecule has 0 saturated carbocycles. The lowest BCUT2D eigenvalue weighted by Crippen LogP contribution is -2.27. The van der Waals surface area contributed by atoms with E-state index in [0.29, 0.717) is 5.76 Å². The number of furan rings is 1. The molecule has 0 radical (unpaired) electrons. The van der Waals surface area contributed by atoms with Gasteiger partial charge >= 0.3 is 6.18 Å². The number of aliphatic imine (C=N–C) groups is 1. The van der Waals surface area contributed by atoms with Crippen molar-refractivity contribution in [2.75, 3.05) is 18.9 Å². The number of para-hydroxylation sites is 1. The Labute approximate surface area is 204 Å². The molecule has 35 heavy (non-hydrogen) atoms. The Bertz CT molecular complexity index is 1020. The third kappa shape index (κ3) is 9.68. The van der Waals surface area contributed by atoms with E-state index in [4.69, 9.17) is 10.2 Å². The number of halogens is 3. The van der Waals surface area contributed by atoms with Crippen molar-refractivity contribution in [3.05, 3.63) is 96.0 Å². The van der Waals surface area contributed by atoms with Crippen molar-refractivity contribution in [2.24, 2.45) is 16.5 Å². The van der Waals surface area contributed by atoms with E-state index in [1.54, 1.807) is 12.3 Å². The fourth-order valence-corrected chi connectivity index (χ4v) is 3.02. The van der Waals surface area contributed by atoms with Crippen LogP contribution in [0.3, 0.4) is 0 Å². The van der Waals surface area contributed by atoms with E-state index in [1.807, 2.05) is 36.4 Å². The van der Waals surface area contributed by atoms with E-state index >= 15 is 0 Å². The maximum absolute atomic E-state index is 12.3. The Balaban J connectivity index is 0.000000354. The minimum Gasteiger partial charge on any atom is -0.466 e. The standard InChI is InChI=1S/C16H21N3O.C9H8F3N.CH5N/c1-3-10-18-14-8-5-4-7-13(14)12(2)19-16(17)15-9-6-11-20-15;1-13-6-7-4-2-3-5-8(7)9(10,11)12;1-2/h4-9,11,16,18-19H,2-3,10,17H2,1H3;2-5H,1,6H2;2H2,1H3. The average Bonchev–Trinajstić information content (AvgIpc) is 3.40. The predicted octanol–water partition coefficient (Wildman–Crippen LogP) is 5.80. The number of nitrogens with one attached hydrogen (secondary N) is 2. The molecule has 6 N–H and O–H groups in total. The predicted molar refractivity (Wildman–Crippen MR) is 138 cm³/mol. The van der Waals surface area contributed by atoms with Crippen molar-refractivity contribution in [2.45, 2.75) is 32.2 Å². The highest BCUT2D eigenvalue weighted by Crippen LogP contribution is 2.32. The highest BCUT2D eigenvalue weighted by Gasteiger charge is 2.32. The third-order valence-electron chi connectivity index (χ3n) is 4.60. The molecule has 190 valence electrons. The van der Waals surface area contributed by atoms with Crippen molar-refractivity contribution in [1.29, 1.82) is 0 Å². The van der Waals surface area contributed by atoms with E-state index in [1.165, 1.54) is 19.2 Å². The fraction of sp³-hybridized carbons (Fsp3) is 0.269. The summed E-state index contributed by atoms with van der Waals surface area (Å²) < 4.78 is 42.2. The lowest BCUT2D eigenvalue weighted by atomic mass is 10.1. The number of alkyl halides is 3. The summed E-state index contributed by atoms with van der Waals surface area (Å²) in [7, 11) is 1.50. The zero-order valence-corrected chi connectivity index (χ0v) is 20.1. The Morgan fingerprint density at radius 3 is 2.31 bits per heavy atom. The fourth-order valence-electron chi connectivity index (χ4n) is 3.02. The van der Waals surface area contributed by atoms with Gasteiger partial charge in [-0.1, -0.05) is 49.9 Å². The van der Waals surface area contributed by atoms with Gasteiger partial charge in [-0.3, -0.25) is 4.99 Å². The topological polar surface area (TPSA) is 102 Å². The largest absolute Gasteiger partial charge is 0.466 e. The van der Waals surface area contributed by atoms with E-state index in [0.717, 1.165) is 36.0 Å². The maximum Gasteiger partial charge on any atom is 0.416 e. The van der Waals surface area contributed by atoms with Gasteiger partial charge in [0, 0.05) is 23.5 Å². The van der Waals surface area contributed by atoms with Crippen LogP contribution in [0.5, 0.6) is 0 Å². The molecule has 0 amide bonds. The van der Waals surface area contributed by atoms with Crippen LogP contribution in [0.4, 0.5) is 18.9 Å². The van der Waals surface area contributed by atoms with Gasteiger partial charge in [0.1, 0.15) is 11.9 Å². The lowest BCUT2D eigenvalue weighted by molar-refractivity contribution is -0.138. The molecule has 3 aromatic rings. The first kappa shape index (κ1) is 29.5. The van der Waals surface area contributed by atoms with Gasteiger partial charge in [0.15, 0.2) is 0 Å². The molecule has 1 atom stereocenters. The molecular formula is C26H34F3N5O. The molecule has 0 bridgehead atoms. The van der Waals surface area contributed by atoms with Crippen LogP contribution in [-0.2, 0) is 12.7 Å². The minimum absolute atomic E-state index is 0.00428. The van der Waals surface area contributed by atoms with E-state index in [-0.39, 0.29) is 12.1 Å². The molecule has 0 aliphatic rings. The molecule has 9 heteroatoms. The Hall–Kier alpha value is -3.56. The minimum atomic E-state index is -4.30. The monoisotopic (exact) mass is 489 g/mol. The van der Waals surface area contributed by atoms with Crippen LogP contribution in [0.15, 0.2) is 82.9 Å². The van der Waals surface area contributed by atoms with Crippen LogP contribution in [0, 0.1) is 0 Å². The van der Waals surface area contributed by atoms with Gasteiger partial charge in [0.05, 0.1) is 18.4 Å². The highest BCUT2D eigenvalue weighted by molar-refractivity contribution is 5.74. The van der Waals surface area contributed by atoms with Gasteiger partial charge in [-0.2, -0.15) is 13.2 Å². The average molecular weight is 490 g/mol. The van der Waals surface area contributed by atoms with E-state index in [9.17, 15) is 13.2 Å². The third-order valence-corrected chi connectivity index (χ3v) is 4.60. The van der Waals surface area contributed by atoms with Crippen molar-refractivity contribution >= 4 is 18.1 Å². The van der Waals surface area contributed by atoms with Crippen LogP contribution in [0.2, 0.25) is 0 Å². The second-order valence-corrected chi connectivity index (χ2v) is 7.12. The number of nitrogens with two attached hydrogens (primary N) is 2. The lowest BCUT2D eigenvalue weighted by Gasteiger charge is -2.18.